The normalized spacial score (nSPS) is 48.5. The van der Waals surface area contributed by atoms with Crippen LogP contribution in [-0.4, -0.2) is 18.3 Å². The highest BCUT2D eigenvalue weighted by molar-refractivity contribution is 4.95. The molecule has 0 aromatic rings. The van der Waals surface area contributed by atoms with Crippen molar-refractivity contribution in [2.75, 3.05) is 13.2 Å². The van der Waals surface area contributed by atoms with Gasteiger partial charge in [0.1, 0.15) is 0 Å². The van der Waals surface area contributed by atoms with Crippen molar-refractivity contribution in [3.63, 3.8) is 0 Å². The van der Waals surface area contributed by atoms with E-state index < -0.39 is 0 Å². The molecule has 2 heteroatoms. The molecular weight excluding hydrogens is 138 g/mol. The van der Waals surface area contributed by atoms with Crippen molar-refractivity contribution < 1.29 is 5.11 Å². The number of hydrogen-bond acceptors (Lipinski definition) is 2. The van der Waals surface area contributed by atoms with Gasteiger partial charge in [-0.2, -0.15) is 0 Å². The van der Waals surface area contributed by atoms with E-state index >= 15 is 0 Å². The van der Waals surface area contributed by atoms with E-state index in [0.717, 1.165) is 24.3 Å². The van der Waals surface area contributed by atoms with Crippen LogP contribution in [0.15, 0.2) is 0 Å². The molecular formula is C9H17NO. The van der Waals surface area contributed by atoms with E-state index in [-0.39, 0.29) is 0 Å². The number of hydrogen-bond donors (Lipinski definition) is 2. The van der Waals surface area contributed by atoms with Crippen molar-refractivity contribution in [1.29, 1.82) is 0 Å². The Morgan fingerprint density at radius 2 is 1.91 bits per heavy atom. The second-order valence-electron chi connectivity index (χ2n) is 4.18. The van der Waals surface area contributed by atoms with Crippen molar-refractivity contribution in [3.8, 4) is 0 Å². The van der Waals surface area contributed by atoms with Crippen LogP contribution in [0.2, 0.25) is 0 Å². The molecule has 4 unspecified atom stereocenters. The molecule has 2 bridgehead atoms. The van der Waals surface area contributed by atoms with Gasteiger partial charge < -0.3 is 10.8 Å². The average Bonchev–Trinajstić information content (AvgIpc) is 2.60. The fourth-order valence-corrected chi connectivity index (χ4v) is 3.13. The van der Waals surface area contributed by atoms with E-state index in [1.165, 1.54) is 19.3 Å². The van der Waals surface area contributed by atoms with E-state index in [2.05, 4.69) is 0 Å². The smallest absolute Gasteiger partial charge is 0.0462 e. The van der Waals surface area contributed by atoms with Crippen LogP contribution in [0.4, 0.5) is 0 Å². The van der Waals surface area contributed by atoms with Gasteiger partial charge in [-0.1, -0.05) is 0 Å². The molecule has 2 nitrogen and oxygen atoms in total. The SMILES string of the molecule is NCC1CC2CC(CO)C1C2. The summed E-state index contributed by atoms with van der Waals surface area (Å²) in [7, 11) is 0. The third kappa shape index (κ3) is 1.09. The maximum absolute atomic E-state index is 9.06. The summed E-state index contributed by atoms with van der Waals surface area (Å²) in [5.41, 5.74) is 5.66. The summed E-state index contributed by atoms with van der Waals surface area (Å²) >= 11 is 0. The summed E-state index contributed by atoms with van der Waals surface area (Å²) in [5, 5.41) is 9.06. The van der Waals surface area contributed by atoms with Crippen LogP contribution in [0.3, 0.4) is 0 Å². The standard InChI is InChI=1S/C9H17NO/c10-4-7-1-6-2-8(5-11)9(7)3-6/h6-9,11H,1-5,10H2. The van der Waals surface area contributed by atoms with E-state index in [1.807, 2.05) is 0 Å². The van der Waals surface area contributed by atoms with Crippen LogP contribution < -0.4 is 5.73 Å². The lowest BCUT2D eigenvalue weighted by atomic mass is 9.81. The Hall–Kier alpha value is -0.0800. The Morgan fingerprint density at radius 1 is 1.18 bits per heavy atom. The minimum absolute atomic E-state index is 0.387. The van der Waals surface area contributed by atoms with Crippen LogP contribution in [0.1, 0.15) is 19.3 Å². The fourth-order valence-electron chi connectivity index (χ4n) is 3.13. The predicted molar refractivity (Wildman–Crippen MR) is 44.0 cm³/mol. The first-order chi connectivity index (χ1) is 5.35. The molecule has 2 fully saturated rings. The van der Waals surface area contributed by atoms with Crippen molar-refractivity contribution in [2.24, 2.45) is 29.4 Å². The zero-order chi connectivity index (χ0) is 7.84. The Kier molecular flexibility index (Phi) is 1.90. The van der Waals surface area contributed by atoms with Gasteiger partial charge in [0.25, 0.3) is 0 Å². The summed E-state index contributed by atoms with van der Waals surface area (Å²) in [6.07, 6.45) is 3.93. The molecule has 0 aliphatic heterocycles. The third-order valence-electron chi connectivity index (χ3n) is 3.63. The molecule has 3 N–H and O–H groups in total. The quantitative estimate of drug-likeness (QED) is 0.613. The maximum Gasteiger partial charge on any atom is 0.0462 e. The lowest BCUT2D eigenvalue weighted by Crippen LogP contribution is -2.28. The number of fused-ring (bicyclic) bond motifs is 2. The van der Waals surface area contributed by atoms with Crippen molar-refractivity contribution in [1.82, 2.24) is 0 Å². The first-order valence-electron chi connectivity index (χ1n) is 4.66. The molecule has 0 radical (unpaired) electrons. The predicted octanol–water partition coefficient (Wildman–Crippen LogP) is 0.600. The van der Waals surface area contributed by atoms with E-state index in [0.29, 0.717) is 12.5 Å². The zero-order valence-corrected chi connectivity index (χ0v) is 6.87. The largest absolute Gasteiger partial charge is 0.396 e. The fraction of sp³-hybridized carbons (Fsp3) is 1.00. The van der Waals surface area contributed by atoms with Crippen LogP contribution in [-0.2, 0) is 0 Å². The summed E-state index contributed by atoms with van der Waals surface area (Å²) in [5.74, 6) is 2.97. The molecule has 2 aliphatic carbocycles. The van der Waals surface area contributed by atoms with Gasteiger partial charge in [-0.05, 0) is 49.5 Å². The Balaban J connectivity index is 2.02. The minimum atomic E-state index is 0.387. The molecule has 0 aromatic heterocycles. The lowest BCUT2D eigenvalue weighted by molar-refractivity contribution is 0.145. The van der Waals surface area contributed by atoms with Gasteiger partial charge >= 0.3 is 0 Å². The number of aliphatic hydroxyl groups excluding tert-OH is 1. The molecule has 2 saturated carbocycles. The molecule has 0 aromatic carbocycles. The summed E-state index contributed by atoms with van der Waals surface area (Å²) in [4.78, 5) is 0. The monoisotopic (exact) mass is 155 g/mol. The molecule has 11 heavy (non-hydrogen) atoms. The van der Waals surface area contributed by atoms with Crippen LogP contribution in [0, 0.1) is 23.7 Å². The minimum Gasteiger partial charge on any atom is -0.396 e. The van der Waals surface area contributed by atoms with Gasteiger partial charge in [0.2, 0.25) is 0 Å². The van der Waals surface area contributed by atoms with Crippen molar-refractivity contribution >= 4 is 0 Å². The highest BCUT2D eigenvalue weighted by Gasteiger charge is 2.44. The highest BCUT2D eigenvalue weighted by Crippen LogP contribution is 2.51. The van der Waals surface area contributed by atoms with Gasteiger partial charge in [0.15, 0.2) is 0 Å². The van der Waals surface area contributed by atoms with Crippen LogP contribution in [0.5, 0.6) is 0 Å². The second kappa shape index (κ2) is 2.76. The summed E-state index contributed by atoms with van der Waals surface area (Å²) in [6, 6.07) is 0. The average molecular weight is 155 g/mol. The molecule has 0 saturated heterocycles. The first kappa shape index (κ1) is 7.56. The Bertz CT molecular complexity index is 134. The number of nitrogens with two attached hydrogens (primary N) is 1. The lowest BCUT2D eigenvalue weighted by Gasteiger charge is -2.26. The second-order valence-corrected chi connectivity index (χ2v) is 4.18. The molecule has 0 amide bonds. The number of aliphatic hydroxyl groups is 1. The van der Waals surface area contributed by atoms with E-state index in [9.17, 15) is 0 Å². The van der Waals surface area contributed by atoms with Crippen molar-refractivity contribution in [2.45, 2.75) is 19.3 Å². The van der Waals surface area contributed by atoms with Crippen LogP contribution in [0.25, 0.3) is 0 Å². The van der Waals surface area contributed by atoms with Crippen molar-refractivity contribution in [3.05, 3.63) is 0 Å². The molecule has 0 heterocycles. The van der Waals surface area contributed by atoms with Gasteiger partial charge in [-0.15, -0.1) is 0 Å². The zero-order valence-electron chi connectivity index (χ0n) is 6.87. The van der Waals surface area contributed by atoms with Gasteiger partial charge in [-0.3, -0.25) is 0 Å². The Morgan fingerprint density at radius 3 is 2.45 bits per heavy atom. The van der Waals surface area contributed by atoms with E-state index in [1.54, 1.807) is 0 Å². The number of rotatable bonds is 2. The summed E-state index contributed by atoms with van der Waals surface area (Å²) < 4.78 is 0. The molecule has 0 spiro atoms. The van der Waals surface area contributed by atoms with Gasteiger partial charge in [0, 0.05) is 6.61 Å². The molecule has 2 rings (SSSR count). The Labute approximate surface area is 67.8 Å². The third-order valence-corrected chi connectivity index (χ3v) is 3.63. The topological polar surface area (TPSA) is 46.2 Å². The van der Waals surface area contributed by atoms with Gasteiger partial charge in [0.05, 0.1) is 0 Å². The first-order valence-corrected chi connectivity index (χ1v) is 4.66. The molecule has 2 aliphatic rings. The van der Waals surface area contributed by atoms with E-state index in [4.69, 9.17) is 10.8 Å². The summed E-state index contributed by atoms with van der Waals surface area (Å²) in [6.45, 7) is 1.22. The van der Waals surface area contributed by atoms with Crippen LogP contribution >= 0.6 is 0 Å². The molecule has 4 atom stereocenters. The van der Waals surface area contributed by atoms with Gasteiger partial charge in [-0.25, -0.2) is 0 Å². The molecule has 64 valence electrons. The maximum atomic E-state index is 9.06. The highest BCUT2D eigenvalue weighted by atomic mass is 16.3.